The average molecular weight is 707 g/mol. The maximum atomic E-state index is 13.4. The van der Waals surface area contributed by atoms with Crippen molar-refractivity contribution in [3.63, 3.8) is 0 Å². The molecular weight excluding hydrogens is 664 g/mol. The molecule has 0 aliphatic carbocycles. The van der Waals surface area contributed by atoms with Gasteiger partial charge in [-0.1, -0.05) is 0 Å². The molecule has 0 unspecified atom stereocenters. The van der Waals surface area contributed by atoms with Crippen LogP contribution in [0, 0.1) is 0 Å². The Hall–Kier alpha value is -4.32. The van der Waals surface area contributed by atoms with Gasteiger partial charge in [0.05, 0.1) is 25.3 Å². The lowest BCUT2D eigenvalue weighted by Gasteiger charge is -2.45. The van der Waals surface area contributed by atoms with Crippen LogP contribution in [0.15, 0.2) is 48.5 Å². The predicted octanol–water partition coefficient (Wildman–Crippen LogP) is 1.56. The molecule has 2 fully saturated rings. The number of aliphatic hydroxyl groups excluding tert-OH is 2. The highest BCUT2D eigenvalue weighted by atomic mass is 16.7. The van der Waals surface area contributed by atoms with Gasteiger partial charge in [0.2, 0.25) is 0 Å². The molecular formula is C34H42O16. The molecule has 2 aromatic rings. The number of carbonyl (C=O) groups is 4. The number of carbonyl (C=O) groups excluding carboxylic acids is 4. The standard InChI is InChI=1S/C34H42O16/c1-17(35)45-29-28(50-32(40)20-9-13-22(42-4)14-10-20)24(48-34(44-6)30(29)46-18(2)36)16-15-23-27(25(37)26(38)33(43-5)47-23)49-31(39)19-7-11-21(41-3)12-8-19/h7-14,23-30,33-34,37-38H,15-16H2,1-6H3/t23-,24+,25-,26-,27-,28+,29-,30-,33+,34-/m0/s1. The van der Waals surface area contributed by atoms with Gasteiger partial charge in [0, 0.05) is 28.1 Å². The molecule has 274 valence electrons. The van der Waals surface area contributed by atoms with Gasteiger partial charge in [-0.25, -0.2) is 9.59 Å². The number of rotatable bonds is 13. The van der Waals surface area contributed by atoms with Crippen molar-refractivity contribution in [3.05, 3.63) is 59.7 Å². The van der Waals surface area contributed by atoms with Crippen LogP contribution in [0.3, 0.4) is 0 Å². The second kappa shape index (κ2) is 17.6. The van der Waals surface area contributed by atoms with Crippen LogP contribution in [0.2, 0.25) is 0 Å². The lowest BCUT2D eigenvalue weighted by molar-refractivity contribution is -0.304. The first-order chi connectivity index (χ1) is 23.9. The van der Waals surface area contributed by atoms with Crippen LogP contribution in [0.25, 0.3) is 0 Å². The third-order valence-corrected chi connectivity index (χ3v) is 8.17. The van der Waals surface area contributed by atoms with Gasteiger partial charge in [0.1, 0.15) is 35.9 Å². The van der Waals surface area contributed by atoms with Crippen molar-refractivity contribution >= 4 is 23.9 Å². The van der Waals surface area contributed by atoms with E-state index in [-0.39, 0.29) is 24.0 Å². The van der Waals surface area contributed by atoms with E-state index in [1.54, 1.807) is 24.3 Å². The van der Waals surface area contributed by atoms with E-state index in [1.807, 2.05) is 0 Å². The molecule has 0 aromatic heterocycles. The van der Waals surface area contributed by atoms with Gasteiger partial charge in [0.25, 0.3) is 0 Å². The van der Waals surface area contributed by atoms with E-state index in [9.17, 15) is 29.4 Å². The SMILES string of the molecule is COc1ccc(C(=O)O[C@@H]2[C@@H](O)[C@H](O)[C@H](OC)O[C@H]2CC[C@H]2O[C@H](OC)[C@@H](OC(C)=O)[C@@H](OC(C)=O)[C@@H]2OC(=O)c2ccc(OC)cc2)cc1. The second-order valence-corrected chi connectivity index (χ2v) is 11.5. The molecule has 0 amide bonds. The Bertz CT molecular complexity index is 1450. The van der Waals surface area contributed by atoms with E-state index in [2.05, 4.69) is 0 Å². The van der Waals surface area contributed by atoms with Crippen LogP contribution in [0.5, 0.6) is 11.5 Å². The van der Waals surface area contributed by atoms with E-state index >= 15 is 0 Å². The molecule has 4 rings (SSSR count). The fourth-order valence-electron chi connectivity index (χ4n) is 5.73. The van der Waals surface area contributed by atoms with Crippen molar-refractivity contribution in [2.75, 3.05) is 28.4 Å². The maximum Gasteiger partial charge on any atom is 0.338 e. The molecule has 2 saturated heterocycles. The first-order valence-electron chi connectivity index (χ1n) is 15.7. The third kappa shape index (κ3) is 9.26. The summed E-state index contributed by atoms with van der Waals surface area (Å²) >= 11 is 0. The fraction of sp³-hybridized carbons (Fsp3) is 0.529. The minimum atomic E-state index is -1.63. The number of aliphatic hydroxyl groups is 2. The van der Waals surface area contributed by atoms with Crippen molar-refractivity contribution in [1.82, 2.24) is 0 Å². The van der Waals surface area contributed by atoms with Crippen molar-refractivity contribution in [2.45, 2.75) is 88.1 Å². The Kier molecular flexibility index (Phi) is 13.5. The van der Waals surface area contributed by atoms with Crippen molar-refractivity contribution in [3.8, 4) is 11.5 Å². The monoisotopic (exact) mass is 706 g/mol. The highest BCUT2D eigenvalue weighted by Gasteiger charge is 2.53. The smallest absolute Gasteiger partial charge is 0.338 e. The van der Waals surface area contributed by atoms with Crippen LogP contribution >= 0.6 is 0 Å². The normalized spacial score (nSPS) is 29.3. The minimum Gasteiger partial charge on any atom is -0.497 e. The summed E-state index contributed by atoms with van der Waals surface area (Å²) in [6, 6.07) is 12.1. The Morgan fingerprint density at radius 1 is 0.560 bits per heavy atom. The minimum absolute atomic E-state index is 0.0487. The molecule has 0 bridgehead atoms. The quantitative estimate of drug-likeness (QED) is 0.224. The summed E-state index contributed by atoms with van der Waals surface area (Å²) in [7, 11) is 5.49. The van der Waals surface area contributed by atoms with Gasteiger partial charge < -0.3 is 57.6 Å². The topological polar surface area (TPSA) is 201 Å². The Labute approximate surface area is 288 Å². The molecule has 2 aromatic carbocycles. The average Bonchev–Trinajstić information content (AvgIpc) is 3.11. The summed E-state index contributed by atoms with van der Waals surface area (Å²) in [6.07, 6.45) is -13.6. The lowest BCUT2D eigenvalue weighted by Crippen LogP contribution is -2.62. The van der Waals surface area contributed by atoms with Crippen LogP contribution in [0.1, 0.15) is 47.4 Å². The zero-order chi connectivity index (χ0) is 36.5. The second-order valence-electron chi connectivity index (χ2n) is 11.5. The van der Waals surface area contributed by atoms with E-state index in [4.69, 9.17) is 47.4 Å². The fourth-order valence-corrected chi connectivity index (χ4v) is 5.73. The molecule has 2 aliphatic heterocycles. The van der Waals surface area contributed by atoms with Crippen LogP contribution in [-0.2, 0) is 47.5 Å². The van der Waals surface area contributed by atoms with Crippen LogP contribution in [0.4, 0.5) is 0 Å². The molecule has 2 heterocycles. The highest BCUT2D eigenvalue weighted by Crippen LogP contribution is 2.34. The Morgan fingerprint density at radius 2 is 0.980 bits per heavy atom. The predicted molar refractivity (Wildman–Crippen MR) is 168 cm³/mol. The summed E-state index contributed by atoms with van der Waals surface area (Å²) < 4.78 is 55.6. The highest BCUT2D eigenvalue weighted by molar-refractivity contribution is 5.90. The van der Waals surface area contributed by atoms with Crippen LogP contribution in [-0.4, -0.2) is 124 Å². The number of hydrogen-bond acceptors (Lipinski definition) is 16. The van der Waals surface area contributed by atoms with Gasteiger partial charge in [-0.3, -0.25) is 9.59 Å². The summed E-state index contributed by atoms with van der Waals surface area (Å²) in [4.78, 5) is 51.0. The van der Waals surface area contributed by atoms with Gasteiger partial charge in [0.15, 0.2) is 37.0 Å². The number of benzene rings is 2. The Balaban J connectivity index is 1.64. The molecule has 0 saturated carbocycles. The molecule has 50 heavy (non-hydrogen) atoms. The summed E-state index contributed by atoms with van der Waals surface area (Å²) in [5, 5.41) is 21.7. The Morgan fingerprint density at radius 3 is 1.42 bits per heavy atom. The van der Waals surface area contributed by atoms with Gasteiger partial charge in [-0.05, 0) is 61.4 Å². The molecule has 2 N–H and O–H groups in total. The number of hydrogen-bond donors (Lipinski definition) is 2. The first-order valence-corrected chi connectivity index (χ1v) is 15.7. The zero-order valence-electron chi connectivity index (χ0n) is 28.4. The van der Waals surface area contributed by atoms with Crippen molar-refractivity contribution in [1.29, 1.82) is 0 Å². The van der Waals surface area contributed by atoms with Crippen molar-refractivity contribution in [2.24, 2.45) is 0 Å². The molecule has 16 heteroatoms. The number of esters is 4. The lowest BCUT2D eigenvalue weighted by atomic mass is 9.90. The molecule has 0 spiro atoms. The van der Waals surface area contributed by atoms with Gasteiger partial charge in [-0.15, -0.1) is 0 Å². The number of ether oxygens (including phenoxy) is 10. The van der Waals surface area contributed by atoms with E-state index in [0.717, 1.165) is 13.8 Å². The van der Waals surface area contributed by atoms with E-state index < -0.39 is 85.3 Å². The van der Waals surface area contributed by atoms with E-state index in [0.29, 0.717) is 11.5 Å². The van der Waals surface area contributed by atoms with Crippen LogP contribution < -0.4 is 9.47 Å². The largest absolute Gasteiger partial charge is 0.497 e. The first kappa shape index (κ1) is 38.5. The van der Waals surface area contributed by atoms with Crippen molar-refractivity contribution < 1.29 is 76.8 Å². The third-order valence-electron chi connectivity index (χ3n) is 8.17. The summed E-state index contributed by atoms with van der Waals surface area (Å²) in [5.41, 5.74) is 0.273. The molecule has 2 aliphatic rings. The number of methoxy groups -OCH3 is 4. The molecule has 10 atom stereocenters. The molecule has 16 nitrogen and oxygen atoms in total. The maximum absolute atomic E-state index is 13.4. The summed E-state index contributed by atoms with van der Waals surface area (Å²) in [6.45, 7) is 2.27. The molecule has 0 radical (unpaired) electrons. The van der Waals surface area contributed by atoms with Gasteiger partial charge in [-0.2, -0.15) is 0 Å². The van der Waals surface area contributed by atoms with E-state index in [1.165, 1.54) is 52.7 Å². The van der Waals surface area contributed by atoms with Gasteiger partial charge >= 0.3 is 23.9 Å². The zero-order valence-corrected chi connectivity index (χ0v) is 28.4. The summed E-state index contributed by atoms with van der Waals surface area (Å²) in [5.74, 6) is -2.15.